The number of nitrogens with zero attached hydrogens (tertiary/aromatic N) is 1. The molecule has 5 heteroatoms. The fourth-order valence-electron chi connectivity index (χ4n) is 1.72. The van der Waals surface area contributed by atoms with Crippen molar-refractivity contribution in [3.63, 3.8) is 0 Å². The average Bonchev–Trinajstić information content (AvgIpc) is 2.40. The van der Waals surface area contributed by atoms with Crippen LogP contribution in [-0.4, -0.2) is 35.0 Å². The highest BCUT2D eigenvalue weighted by molar-refractivity contribution is 5.92. The van der Waals surface area contributed by atoms with Gasteiger partial charge in [-0.2, -0.15) is 0 Å². The van der Waals surface area contributed by atoms with Crippen molar-refractivity contribution in [2.75, 3.05) is 13.1 Å². The SMILES string of the molecule is CCCN(CCC(=O)O)C(=O)/C=C/c1cccc(F)c1. The Bertz CT molecular complexity index is 500. The molecule has 0 aliphatic heterocycles. The molecule has 0 saturated heterocycles. The van der Waals surface area contributed by atoms with Crippen LogP contribution in [-0.2, 0) is 9.59 Å². The normalized spacial score (nSPS) is 10.7. The van der Waals surface area contributed by atoms with Crippen LogP contribution in [0, 0.1) is 5.82 Å². The Morgan fingerprint density at radius 3 is 2.70 bits per heavy atom. The van der Waals surface area contributed by atoms with Crippen molar-refractivity contribution in [2.24, 2.45) is 0 Å². The van der Waals surface area contributed by atoms with E-state index >= 15 is 0 Å². The summed E-state index contributed by atoms with van der Waals surface area (Å²) in [6.07, 6.45) is 3.53. The zero-order chi connectivity index (χ0) is 15.0. The molecular formula is C15H18FNO3. The third-order valence-electron chi connectivity index (χ3n) is 2.67. The predicted molar refractivity (Wildman–Crippen MR) is 74.6 cm³/mol. The molecule has 0 bridgehead atoms. The summed E-state index contributed by atoms with van der Waals surface area (Å²) in [4.78, 5) is 24.0. The summed E-state index contributed by atoms with van der Waals surface area (Å²) in [7, 11) is 0. The summed E-state index contributed by atoms with van der Waals surface area (Å²) in [6.45, 7) is 2.59. The number of aliphatic carboxylic acids is 1. The molecule has 0 aliphatic carbocycles. The first kappa shape index (κ1) is 15.9. The zero-order valence-electron chi connectivity index (χ0n) is 11.4. The van der Waals surface area contributed by atoms with Crippen molar-refractivity contribution >= 4 is 18.0 Å². The van der Waals surface area contributed by atoms with Crippen LogP contribution in [0.5, 0.6) is 0 Å². The van der Waals surface area contributed by atoms with E-state index in [-0.39, 0.29) is 24.7 Å². The van der Waals surface area contributed by atoms with Gasteiger partial charge in [0.2, 0.25) is 5.91 Å². The molecule has 0 spiro atoms. The molecule has 0 saturated carbocycles. The number of amides is 1. The number of hydrogen-bond donors (Lipinski definition) is 1. The van der Waals surface area contributed by atoms with Gasteiger partial charge in [-0.3, -0.25) is 9.59 Å². The van der Waals surface area contributed by atoms with E-state index in [1.165, 1.54) is 29.2 Å². The first-order valence-corrected chi connectivity index (χ1v) is 6.47. The van der Waals surface area contributed by atoms with E-state index in [1.807, 2.05) is 6.92 Å². The fraction of sp³-hybridized carbons (Fsp3) is 0.333. The van der Waals surface area contributed by atoms with E-state index in [0.717, 1.165) is 6.42 Å². The zero-order valence-corrected chi connectivity index (χ0v) is 11.4. The second-order valence-corrected chi connectivity index (χ2v) is 4.36. The predicted octanol–water partition coefficient (Wildman–Crippen LogP) is 2.55. The Balaban J connectivity index is 2.67. The highest BCUT2D eigenvalue weighted by Gasteiger charge is 2.11. The Hall–Kier alpha value is -2.17. The van der Waals surface area contributed by atoms with Crippen molar-refractivity contribution in [1.82, 2.24) is 4.90 Å². The molecule has 108 valence electrons. The molecule has 0 heterocycles. The van der Waals surface area contributed by atoms with Crippen LogP contribution in [0.3, 0.4) is 0 Å². The monoisotopic (exact) mass is 279 g/mol. The molecule has 1 N–H and O–H groups in total. The molecule has 0 aliphatic rings. The van der Waals surface area contributed by atoms with Crippen LogP contribution in [0.1, 0.15) is 25.3 Å². The average molecular weight is 279 g/mol. The number of carbonyl (C=O) groups excluding carboxylic acids is 1. The van der Waals surface area contributed by atoms with Crippen LogP contribution in [0.2, 0.25) is 0 Å². The maximum atomic E-state index is 13.0. The van der Waals surface area contributed by atoms with Gasteiger partial charge in [0.15, 0.2) is 0 Å². The minimum Gasteiger partial charge on any atom is -0.481 e. The van der Waals surface area contributed by atoms with Crippen LogP contribution in [0.25, 0.3) is 6.08 Å². The lowest BCUT2D eigenvalue weighted by Gasteiger charge is -2.19. The summed E-state index contributed by atoms with van der Waals surface area (Å²) in [5.41, 5.74) is 0.591. The third kappa shape index (κ3) is 5.65. The van der Waals surface area contributed by atoms with Crippen LogP contribution >= 0.6 is 0 Å². The molecule has 0 radical (unpaired) electrons. The maximum Gasteiger partial charge on any atom is 0.305 e. The van der Waals surface area contributed by atoms with Crippen molar-refractivity contribution < 1.29 is 19.1 Å². The van der Waals surface area contributed by atoms with Crippen LogP contribution in [0.4, 0.5) is 4.39 Å². The molecule has 1 amide bonds. The van der Waals surface area contributed by atoms with E-state index in [1.54, 1.807) is 12.1 Å². The molecule has 20 heavy (non-hydrogen) atoms. The van der Waals surface area contributed by atoms with Gasteiger partial charge >= 0.3 is 5.97 Å². The van der Waals surface area contributed by atoms with E-state index in [2.05, 4.69) is 0 Å². The minimum atomic E-state index is -0.937. The minimum absolute atomic E-state index is 0.0838. The topological polar surface area (TPSA) is 57.6 Å². The van der Waals surface area contributed by atoms with Gasteiger partial charge in [0.05, 0.1) is 6.42 Å². The fourth-order valence-corrected chi connectivity index (χ4v) is 1.72. The lowest BCUT2D eigenvalue weighted by Crippen LogP contribution is -2.32. The van der Waals surface area contributed by atoms with E-state index < -0.39 is 5.97 Å². The second kappa shape index (κ2) is 8.09. The third-order valence-corrected chi connectivity index (χ3v) is 2.67. The van der Waals surface area contributed by atoms with E-state index in [0.29, 0.717) is 12.1 Å². The Morgan fingerprint density at radius 2 is 2.10 bits per heavy atom. The maximum absolute atomic E-state index is 13.0. The molecule has 1 aromatic rings. The van der Waals surface area contributed by atoms with E-state index in [4.69, 9.17) is 5.11 Å². The molecular weight excluding hydrogens is 261 g/mol. The smallest absolute Gasteiger partial charge is 0.305 e. The number of halogens is 1. The number of benzene rings is 1. The molecule has 4 nitrogen and oxygen atoms in total. The summed E-state index contributed by atoms with van der Waals surface area (Å²) in [5.74, 6) is -1.57. The van der Waals surface area contributed by atoms with Crippen molar-refractivity contribution in [1.29, 1.82) is 0 Å². The summed E-state index contributed by atoms with van der Waals surface area (Å²) in [5, 5.41) is 8.65. The van der Waals surface area contributed by atoms with Crippen molar-refractivity contribution in [3.8, 4) is 0 Å². The van der Waals surface area contributed by atoms with Crippen LogP contribution in [0.15, 0.2) is 30.3 Å². The summed E-state index contributed by atoms with van der Waals surface area (Å²) in [6, 6.07) is 5.91. The first-order valence-electron chi connectivity index (χ1n) is 6.47. The largest absolute Gasteiger partial charge is 0.481 e. The summed E-state index contributed by atoms with van der Waals surface area (Å²) >= 11 is 0. The first-order chi connectivity index (χ1) is 9.52. The number of rotatable bonds is 7. The second-order valence-electron chi connectivity index (χ2n) is 4.36. The summed E-state index contributed by atoms with van der Waals surface area (Å²) < 4.78 is 13.0. The van der Waals surface area contributed by atoms with Gasteiger partial charge in [0, 0.05) is 19.2 Å². The van der Waals surface area contributed by atoms with Gasteiger partial charge in [-0.25, -0.2) is 4.39 Å². The van der Waals surface area contributed by atoms with Gasteiger partial charge < -0.3 is 10.0 Å². The lowest BCUT2D eigenvalue weighted by molar-refractivity contribution is -0.138. The van der Waals surface area contributed by atoms with E-state index in [9.17, 15) is 14.0 Å². The standard InChI is InChI=1S/C15H18FNO3/c1-2-9-17(10-8-15(19)20)14(18)7-6-12-4-3-5-13(16)11-12/h3-7,11H,2,8-10H2,1H3,(H,19,20)/b7-6+. The molecule has 0 unspecified atom stereocenters. The number of hydrogen-bond acceptors (Lipinski definition) is 2. The van der Waals surface area contributed by atoms with Gasteiger partial charge in [0.1, 0.15) is 5.82 Å². The highest BCUT2D eigenvalue weighted by atomic mass is 19.1. The highest BCUT2D eigenvalue weighted by Crippen LogP contribution is 2.06. The van der Waals surface area contributed by atoms with Gasteiger partial charge in [-0.15, -0.1) is 0 Å². The molecule has 1 rings (SSSR count). The molecule has 1 aromatic carbocycles. The van der Waals surface area contributed by atoms with Gasteiger partial charge in [-0.1, -0.05) is 19.1 Å². The van der Waals surface area contributed by atoms with Crippen molar-refractivity contribution in [3.05, 3.63) is 41.7 Å². The van der Waals surface area contributed by atoms with Crippen LogP contribution < -0.4 is 0 Å². The Morgan fingerprint density at radius 1 is 1.35 bits per heavy atom. The number of carbonyl (C=O) groups is 2. The van der Waals surface area contributed by atoms with Crippen molar-refractivity contribution in [2.45, 2.75) is 19.8 Å². The molecule has 0 atom stereocenters. The lowest BCUT2D eigenvalue weighted by atomic mass is 10.2. The molecule has 0 aromatic heterocycles. The Kier molecular flexibility index (Phi) is 6.43. The molecule has 0 fully saturated rings. The quantitative estimate of drug-likeness (QED) is 0.780. The van der Waals surface area contributed by atoms with Gasteiger partial charge in [-0.05, 0) is 30.2 Å². The Labute approximate surface area is 117 Å². The number of carboxylic acid groups (broad SMARTS) is 1. The number of carboxylic acids is 1. The van der Waals surface area contributed by atoms with Gasteiger partial charge in [0.25, 0.3) is 0 Å².